The van der Waals surface area contributed by atoms with Gasteiger partial charge in [0.1, 0.15) is 6.04 Å². The zero-order valence-electron chi connectivity index (χ0n) is 15.8. The number of hydrogen-bond donors (Lipinski definition) is 4. The molecule has 0 saturated heterocycles. The summed E-state index contributed by atoms with van der Waals surface area (Å²) in [6.45, 7) is 3.76. The molecule has 1 saturated carbocycles. The first kappa shape index (κ1) is 19.9. The highest BCUT2D eigenvalue weighted by Gasteiger charge is 2.25. The Kier molecular flexibility index (Phi) is 6.30. The molecular formula is C20H24N4O3S. The Balaban J connectivity index is 1.56. The summed E-state index contributed by atoms with van der Waals surface area (Å²) in [5.41, 5.74) is 1.23. The van der Waals surface area contributed by atoms with Crippen molar-refractivity contribution in [3.63, 3.8) is 0 Å². The van der Waals surface area contributed by atoms with Crippen molar-refractivity contribution in [1.82, 2.24) is 10.6 Å². The van der Waals surface area contributed by atoms with E-state index in [0.29, 0.717) is 16.3 Å². The molecule has 0 bridgehead atoms. The molecule has 0 radical (unpaired) electrons. The summed E-state index contributed by atoms with van der Waals surface area (Å²) in [5.74, 6) is -0.617. The number of carbonyl (C=O) groups excluding carboxylic acids is 3. The predicted molar refractivity (Wildman–Crippen MR) is 111 cm³/mol. The third-order valence-corrected chi connectivity index (χ3v) is 5.17. The van der Waals surface area contributed by atoms with Crippen molar-refractivity contribution in [1.29, 1.82) is 0 Å². The molecule has 1 aliphatic carbocycles. The van der Waals surface area contributed by atoms with Crippen LogP contribution in [0.25, 0.3) is 0 Å². The number of urea groups is 1. The van der Waals surface area contributed by atoms with E-state index in [0.717, 1.165) is 12.8 Å². The maximum absolute atomic E-state index is 12.6. The molecule has 1 atom stereocenters. The number of benzene rings is 1. The fourth-order valence-electron chi connectivity index (χ4n) is 2.59. The first-order valence-electron chi connectivity index (χ1n) is 9.25. The molecule has 1 aromatic carbocycles. The molecule has 3 rings (SSSR count). The van der Waals surface area contributed by atoms with Crippen LogP contribution in [-0.2, 0) is 4.79 Å². The number of rotatable bonds is 7. The summed E-state index contributed by atoms with van der Waals surface area (Å²) in [5, 5.41) is 13.0. The second-order valence-corrected chi connectivity index (χ2v) is 8.06. The minimum absolute atomic E-state index is 0.0732. The maximum atomic E-state index is 12.6. The highest BCUT2D eigenvalue weighted by atomic mass is 32.1. The van der Waals surface area contributed by atoms with Crippen molar-refractivity contribution in [3.05, 3.63) is 46.7 Å². The molecule has 1 aliphatic rings. The van der Waals surface area contributed by atoms with Gasteiger partial charge in [0.2, 0.25) is 5.91 Å². The zero-order valence-corrected chi connectivity index (χ0v) is 16.6. The van der Waals surface area contributed by atoms with Crippen LogP contribution in [0.1, 0.15) is 36.4 Å². The Morgan fingerprint density at radius 3 is 2.18 bits per heavy atom. The molecule has 148 valence electrons. The van der Waals surface area contributed by atoms with Gasteiger partial charge in [-0.1, -0.05) is 19.9 Å². The van der Waals surface area contributed by atoms with Crippen molar-refractivity contribution in [3.8, 4) is 0 Å². The van der Waals surface area contributed by atoms with Gasteiger partial charge in [0.05, 0.1) is 4.88 Å². The minimum atomic E-state index is -0.656. The molecule has 8 heteroatoms. The summed E-state index contributed by atoms with van der Waals surface area (Å²) in [6, 6.07) is 9.79. The molecule has 4 amide bonds. The van der Waals surface area contributed by atoms with Crippen LogP contribution in [0.4, 0.5) is 16.2 Å². The van der Waals surface area contributed by atoms with E-state index in [1.165, 1.54) is 11.3 Å². The number of thiophene rings is 1. The molecule has 1 heterocycles. The highest BCUT2D eigenvalue weighted by Crippen LogP contribution is 2.19. The smallest absolute Gasteiger partial charge is 0.319 e. The molecule has 7 nitrogen and oxygen atoms in total. The Morgan fingerprint density at radius 2 is 1.64 bits per heavy atom. The largest absolute Gasteiger partial charge is 0.339 e. The van der Waals surface area contributed by atoms with Crippen LogP contribution in [-0.4, -0.2) is 29.9 Å². The van der Waals surface area contributed by atoms with E-state index >= 15 is 0 Å². The van der Waals surface area contributed by atoms with Gasteiger partial charge in [-0.25, -0.2) is 4.79 Å². The van der Waals surface area contributed by atoms with Gasteiger partial charge in [-0.3, -0.25) is 9.59 Å². The molecule has 0 spiro atoms. The molecule has 1 aromatic heterocycles. The van der Waals surface area contributed by atoms with Crippen LogP contribution in [0, 0.1) is 5.92 Å². The molecule has 28 heavy (non-hydrogen) atoms. The zero-order chi connectivity index (χ0) is 20.1. The standard InChI is InChI=1S/C20H24N4O3S/c1-12(2)17(24-18(25)16-4-3-11-28-16)19(26)21-13-5-7-14(8-6-13)22-20(27)23-15-9-10-15/h3-8,11-12,15,17H,9-10H2,1-2H3,(H,21,26)(H,24,25)(H2,22,23,27). The lowest BCUT2D eigenvalue weighted by Gasteiger charge is -2.21. The molecular weight excluding hydrogens is 376 g/mol. The average Bonchev–Trinajstić information content (AvgIpc) is 3.28. The molecule has 1 fully saturated rings. The van der Waals surface area contributed by atoms with Crippen LogP contribution < -0.4 is 21.3 Å². The fourth-order valence-corrected chi connectivity index (χ4v) is 3.22. The second kappa shape index (κ2) is 8.88. The lowest BCUT2D eigenvalue weighted by molar-refractivity contribution is -0.118. The Labute approximate surface area is 167 Å². The number of nitrogens with one attached hydrogen (secondary N) is 4. The lowest BCUT2D eigenvalue weighted by atomic mass is 10.0. The minimum Gasteiger partial charge on any atom is -0.339 e. The molecule has 0 aliphatic heterocycles. The van der Waals surface area contributed by atoms with E-state index < -0.39 is 6.04 Å². The van der Waals surface area contributed by atoms with Gasteiger partial charge >= 0.3 is 6.03 Å². The average molecular weight is 401 g/mol. The van der Waals surface area contributed by atoms with Gasteiger partial charge in [0, 0.05) is 17.4 Å². The summed E-state index contributed by atoms with van der Waals surface area (Å²) < 4.78 is 0. The van der Waals surface area contributed by atoms with Gasteiger partial charge in [0.25, 0.3) is 5.91 Å². The van der Waals surface area contributed by atoms with Gasteiger partial charge in [-0.2, -0.15) is 0 Å². The third kappa shape index (κ3) is 5.56. The van der Waals surface area contributed by atoms with Crippen molar-refractivity contribution in [2.24, 2.45) is 5.92 Å². The van der Waals surface area contributed by atoms with Crippen LogP contribution in [0.2, 0.25) is 0 Å². The van der Waals surface area contributed by atoms with Gasteiger partial charge in [0.15, 0.2) is 0 Å². The van der Waals surface area contributed by atoms with E-state index in [2.05, 4.69) is 21.3 Å². The SMILES string of the molecule is CC(C)C(NC(=O)c1cccs1)C(=O)Nc1ccc(NC(=O)NC2CC2)cc1. The quantitative estimate of drug-likeness (QED) is 0.573. The van der Waals surface area contributed by atoms with Crippen molar-refractivity contribution in [2.75, 3.05) is 10.6 Å². The van der Waals surface area contributed by atoms with E-state index in [1.807, 2.05) is 19.2 Å². The molecule has 1 unspecified atom stereocenters. The predicted octanol–water partition coefficient (Wildman–Crippen LogP) is 3.43. The number of carbonyl (C=O) groups is 3. The Hall–Kier alpha value is -2.87. The summed E-state index contributed by atoms with van der Waals surface area (Å²) in [7, 11) is 0. The Bertz CT molecular complexity index is 830. The second-order valence-electron chi connectivity index (χ2n) is 7.11. The van der Waals surface area contributed by atoms with Crippen LogP contribution >= 0.6 is 11.3 Å². The monoisotopic (exact) mass is 400 g/mol. The highest BCUT2D eigenvalue weighted by molar-refractivity contribution is 7.12. The van der Waals surface area contributed by atoms with Gasteiger partial charge in [-0.15, -0.1) is 11.3 Å². The van der Waals surface area contributed by atoms with Gasteiger partial charge in [-0.05, 0) is 54.5 Å². The van der Waals surface area contributed by atoms with E-state index in [1.54, 1.807) is 36.4 Å². The summed E-state index contributed by atoms with van der Waals surface area (Å²) >= 11 is 1.33. The topological polar surface area (TPSA) is 99.3 Å². The van der Waals surface area contributed by atoms with E-state index in [9.17, 15) is 14.4 Å². The van der Waals surface area contributed by atoms with Crippen molar-refractivity contribution < 1.29 is 14.4 Å². The number of hydrogen-bond acceptors (Lipinski definition) is 4. The van der Waals surface area contributed by atoms with E-state index in [-0.39, 0.29) is 29.8 Å². The van der Waals surface area contributed by atoms with E-state index in [4.69, 9.17) is 0 Å². The first-order chi connectivity index (χ1) is 13.4. The molecule has 4 N–H and O–H groups in total. The lowest BCUT2D eigenvalue weighted by Crippen LogP contribution is -2.46. The Morgan fingerprint density at radius 1 is 1.00 bits per heavy atom. The number of amides is 4. The maximum Gasteiger partial charge on any atom is 0.319 e. The third-order valence-electron chi connectivity index (χ3n) is 4.30. The van der Waals surface area contributed by atoms with Crippen LogP contribution in [0.15, 0.2) is 41.8 Å². The number of anilines is 2. The van der Waals surface area contributed by atoms with Gasteiger partial charge < -0.3 is 21.3 Å². The summed E-state index contributed by atoms with van der Waals surface area (Å²) in [4.78, 5) is 37.3. The first-order valence-corrected chi connectivity index (χ1v) is 10.1. The fraction of sp³-hybridized carbons (Fsp3) is 0.350. The van der Waals surface area contributed by atoms with Crippen LogP contribution in [0.5, 0.6) is 0 Å². The molecule has 2 aromatic rings. The normalized spacial score (nSPS) is 14.2. The van der Waals surface area contributed by atoms with Crippen LogP contribution in [0.3, 0.4) is 0 Å². The van der Waals surface area contributed by atoms with Crippen molar-refractivity contribution in [2.45, 2.75) is 38.8 Å². The summed E-state index contributed by atoms with van der Waals surface area (Å²) in [6.07, 6.45) is 2.05. The van der Waals surface area contributed by atoms with Crippen molar-refractivity contribution >= 4 is 40.6 Å².